The Morgan fingerprint density at radius 1 is 1.06 bits per heavy atom. The van der Waals surface area contributed by atoms with Crippen molar-refractivity contribution in [2.75, 3.05) is 25.1 Å². The van der Waals surface area contributed by atoms with Gasteiger partial charge >= 0.3 is 5.97 Å². The van der Waals surface area contributed by atoms with E-state index in [4.69, 9.17) is 21.1 Å². The van der Waals surface area contributed by atoms with E-state index in [-0.39, 0.29) is 22.1 Å². The van der Waals surface area contributed by atoms with E-state index in [1.807, 2.05) is 13.8 Å². The van der Waals surface area contributed by atoms with E-state index < -0.39 is 29.6 Å². The highest BCUT2D eigenvalue weighted by atomic mass is 35.5. The Morgan fingerprint density at radius 2 is 1.81 bits per heavy atom. The Bertz CT molecular complexity index is 1170. The third kappa shape index (κ3) is 7.35. The Morgan fingerprint density at radius 3 is 2.50 bits per heavy atom. The van der Waals surface area contributed by atoms with Crippen molar-refractivity contribution in [3.63, 3.8) is 0 Å². The van der Waals surface area contributed by atoms with E-state index in [9.17, 15) is 19.2 Å². The lowest BCUT2D eigenvalue weighted by Crippen LogP contribution is -2.36. The number of halogens is 1. The van der Waals surface area contributed by atoms with Gasteiger partial charge in [0.1, 0.15) is 12.3 Å². The molecule has 36 heavy (non-hydrogen) atoms. The van der Waals surface area contributed by atoms with Gasteiger partial charge < -0.3 is 14.8 Å². The highest BCUT2D eigenvalue weighted by molar-refractivity contribution is 8.18. The molecule has 1 N–H and O–H groups in total. The zero-order chi connectivity index (χ0) is 26.1. The second-order valence-electron chi connectivity index (χ2n) is 7.92. The first-order chi connectivity index (χ1) is 17.3. The average Bonchev–Trinajstić information content (AvgIpc) is 3.12. The maximum absolute atomic E-state index is 12.8. The van der Waals surface area contributed by atoms with Gasteiger partial charge in [0, 0.05) is 5.69 Å². The third-order valence-corrected chi connectivity index (χ3v) is 6.26. The molecule has 1 saturated heterocycles. The molecule has 1 aliphatic heterocycles. The van der Waals surface area contributed by atoms with Crippen LogP contribution in [0.15, 0.2) is 47.4 Å². The summed E-state index contributed by atoms with van der Waals surface area (Å²) < 4.78 is 10.7. The number of amides is 3. The van der Waals surface area contributed by atoms with E-state index >= 15 is 0 Å². The highest BCUT2D eigenvalue weighted by Gasteiger charge is 2.36. The van der Waals surface area contributed by atoms with Crippen LogP contribution in [0.3, 0.4) is 0 Å². The standard InChI is InChI=1S/C26H27ClN2O6S/c1-3-5-13-35-25(32)20-15-18(8-11-21(20)27)28-23(30)16-29-24(31)22(36-26(29)33)14-17-6-9-19(10-7-17)34-12-4-2/h6-11,14-15H,3-5,12-13,16H2,1-2H3,(H,28,30)/b22-14-. The maximum atomic E-state index is 12.8. The predicted octanol–water partition coefficient (Wildman–Crippen LogP) is 5.76. The highest BCUT2D eigenvalue weighted by Crippen LogP contribution is 2.32. The Kier molecular flexibility index (Phi) is 9.95. The summed E-state index contributed by atoms with van der Waals surface area (Å²) in [7, 11) is 0. The Hall–Kier alpha value is -3.30. The quantitative estimate of drug-likeness (QED) is 0.224. The smallest absolute Gasteiger partial charge is 0.339 e. The second-order valence-corrected chi connectivity index (χ2v) is 9.32. The number of nitrogens with one attached hydrogen (secondary N) is 1. The van der Waals surface area contributed by atoms with Crippen molar-refractivity contribution in [2.45, 2.75) is 33.1 Å². The zero-order valence-corrected chi connectivity index (χ0v) is 21.6. The number of carbonyl (C=O) groups is 4. The summed E-state index contributed by atoms with van der Waals surface area (Å²) in [4.78, 5) is 51.1. The van der Waals surface area contributed by atoms with E-state index in [0.29, 0.717) is 12.3 Å². The maximum Gasteiger partial charge on any atom is 0.339 e. The molecule has 0 radical (unpaired) electrons. The lowest BCUT2D eigenvalue weighted by atomic mass is 10.2. The molecule has 0 atom stereocenters. The van der Waals surface area contributed by atoms with Crippen LogP contribution in [0.4, 0.5) is 10.5 Å². The number of nitrogens with zero attached hydrogens (tertiary/aromatic N) is 1. The predicted molar refractivity (Wildman–Crippen MR) is 140 cm³/mol. The van der Waals surface area contributed by atoms with Crippen molar-refractivity contribution in [3.8, 4) is 5.75 Å². The number of hydrogen-bond donors (Lipinski definition) is 1. The minimum atomic E-state index is -0.594. The number of ether oxygens (including phenoxy) is 2. The molecule has 8 nitrogen and oxygen atoms in total. The summed E-state index contributed by atoms with van der Waals surface area (Å²) in [5.74, 6) is -1.02. The summed E-state index contributed by atoms with van der Waals surface area (Å²) in [6.45, 7) is 4.41. The van der Waals surface area contributed by atoms with Crippen LogP contribution in [0.2, 0.25) is 5.02 Å². The van der Waals surface area contributed by atoms with Crippen LogP contribution in [0.5, 0.6) is 5.75 Å². The molecular weight excluding hydrogens is 504 g/mol. The third-order valence-electron chi connectivity index (χ3n) is 5.03. The molecule has 0 saturated carbocycles. The SMILES string of the molecule is CCCCOC(=O)c1cc(NC(=O)CN2C(=O)S/C(=C\c3ccc(OCCC)cc3)C2=O)ccc1Cl. The second kappa shape index (κ2) is 13.1. The topological polar surface area (TPSA) is 102 Å². The Balaban J connectivity index is 1.62. The lowest BCUT2D eigenvalue weighted by molar-refractivity contribution is -0.127. The first-order valence-corrected chi connectivity index (χ1v) is 12.8. The van der Waals surface area contributed by atoms with Crippen molar-refractivity contribution in [1.29, 1.82) is 0 Å². The van der Waals surface area contributed by atoms with Crippen molar-refractivity contribution in [1.82, 2.24) is 4.90 Å². The molecule has 1 heterocycles. The van der Waals surface area contributed by atoms with Crippen molar-refractivity contribution in [3.05, 3.63) is 63.5 Å². The summed E-state index contributed by atoms with van der Waals surface area (Å²) in [5.41, 5.74) is 1.14. The molecule has 0 aliphatic carbocycles. The van der Waals surface area contributed by atoms with Crippen molar-refractivity contribution >= 4 is 58.1 Å². The van der Waals surface area contributed by atoms with Crippen molar-refractivity contribution in [2.24, 2.45) is 0 Å². The lowest BCUT2D eigenvalue weighted by Gasteiger charge is -2.13. The molecule has 0 unspecified atom stereocenters. The van der Waals surface area contributed by atoms with Gasteiger partial charge in [0.2, 0.25) is 5.91 Å². The molecule has 190 valence electrons. The Labute approximate surface area is 219 Å². The molecule has 3 rings (SSSR count). The summed E-state index contributed by atoms with van der Waals surface area (Å²) >= 11 is 6.87. The summed E-state index contributed by atoms with van der Waals surface area (Å²) in [6.07, 6.45) is 4.10. The van der Waals surface area contributed by atoms with Gasteiger partial charge in [-0.15, -0.1) is 0 Å². The normalized spacial score (nSPS) is 14.3. The van der Waals surface area contributed by atoms with Crippen LogP contribution in [-0.4, -0.2) is 47.7 Å². The molecule has 3 amide bonds. The fraction of sp³-hybridized carbons (Fsp3) is 0.308. The molecule has 0 spiro atoms. The molecule has 10 heteroatoms. The molecular formula is C26H27ClN2O6S. The van der Waals surface area contributed by atoms with Gasteiger partial charge in [0.25, 0.3) is 11.1 Å². The van der Waals surface area contributed by atoms with Gasteiger partial charge in [0.05, 0.1) is 28.7 Å². The van der Waals surface area contributed by atoms with Gasteiger partial charge in [-0.25, -0.2) is 4.79 Å². The van der Waals surface area contributed by atoms with Crippen LogP contribution in [0.1, 0.15) is 49.0 Å². The summed E-state index contributed by atoms with van der Waals surface area (Å²) in [6, 6.07) is 11.5. The number of carbonyl (C=O) groups excluding carboxylic acids is 4. The average molecular weight is 531 g/mol. The molecule has 0 bridgehead atoms. The van der Waals surface area contributed by atoms with Gasteiger partial charge in [-0.3, -0.25) is 19.3 Å². The van der Waals surface area contributed by atoms with E-state index in [1.54, 1.807) is 30.3 Å². The molecule has 2 aromatic rings. The number of unbranched alkanes of at least 4 members (excludes halogenated alkanes) is 1. The molecule has 2 aromatic carbocycles. The molecule has 1 aliphatic rings. The minimum Gasteiger partial charge on any atom is -0.494 e. The van der Waals surface area contributed by atoms with Crippen molar-refractivity contribution < 1.29 is 28.7 Å². The number of rotatable bonds is 11. The fourth-order valence-corrected chi connectivity index (χ4v) is 4.19. The van der Waals surface area contributed by atoms with Gasteiger partial charge in [-0.1, -0.05) is 44.0 Å². The zero-order valence-electron chi connectivity index (χ0n) is 20.0. The fourth-order valence-electron chi connectivity index (χ4n) is 3.16. The minimum absolute atomic E-state index is 0.116. The summed E-state index contributed by atoms with van der Waals surface area (Å²) in [5, 5.41) is 2.24. The molecule has 1 fully saturated rings. The number of thioether (sulfide) groups is 1. The van der Waals surface area contributed by atoms with E-state index in [0.717, 1.165) is 47.2 Å². The van der Waals surface area contributed by atoms with E-state index in [2.05, 4.69) is 5.32 Å². The number of hydrogen-bond acceptors (Lipinski definition) is 7. The van der Waals surface area contributed by atoms with Crippen LogP contribution in [0.25, 0.3) is 6.08 Å². The van der Waals surface area contributed by atoms with Gasteiger partial charge in [-0.05, 0) is 66.6 Å². The first-order valence-electron chi connectivity index (χ1n) is 11.6. The number of esters is 1. The first kappa shape index (κ1) is 27.3. The monoisotopic (exact) mass is 530 g/mol. The van der Waals surface area contributed by atoms with E-state index in [1.165, 1.54) is 18.2 Å². The van der Waals surface area contributed by atoms with Gasteiger partial charge in [0.15, 0.2) is 0 Å². The van der Waals surface area contributed by atoms with Crippen LogP contribution in [0, 0.1) is 0 Å². The van der Waals surface area contributed by atoms with Crippen LogP contribution < -0.4 is 10.1 Å². The van der Waals surface area contributed by atoms with Gasteiger partial charge in [-0.2, -0.15) is 0 Å². The number of benzene rings is 2. The van der Waals surface area contributed by atoms with Crippen LogP contribution >= 0.6 is 23.4 Å². The van der Waals surface area contributed by atoms with Crippen LogP contribution in [-0.2, 0) is 14.3 Å². The molecule has 0 aromatic heterocycles. The number of anilines is 1. The number of imide groups is 1. The largest absolute Gasteiger partial charge is 0.494 e.